The molecule has 0 saturated carbocycles. The van der Waals surface area contributed by atoms with Gasteiger partial charge in [0.15, 0.2) is 11.0 Å². The van der Waals surface area contributed by atoms with E-state index in [-0.39, 0.29) is 29.5 Å². The predicted octanol–water partition coefficient (Wildman–Crippen LogP) is 4.84. The number of anilines is 1. The minimum Gasteiger partial charge on any atom is -0.486 e. The summed E-state index contributed by atoms with van der Waals surface area (Å²) in [5.41, 5.74) is 3.18. The molecule has 198 valence electrons. The summed E-state index contributed by atoms with van der Waals surface area (Å²) < 4.78 is 11.0. The zero-order valence-electron chi connectivity index (χ0n) is 21.7. The molecule has 1 amide bonds. The zero-order valence-corrected chi connectivity index (χ0v) is 23.3. The molecule has 4 aromatic rings. The van der Waals surface area contributed by atoms with Crippen LogP contribution in [0.2, 0.25) is 5.02 Å². The van der Waals surface area contributed by atoms with E-state index >= 15 is 0 Å². The van der Waals surface area contributed by atoms with Gasteiger partial charge in [0.05, 0.1) is 17.1 Å². The minimum absolute atomic E-state index is 0.0464. The topological polar surface area (TPSA) is 96.0 Å². The lowest BCUT2D eigenvalue weighted by Crippen LogP contribution is -2.23. The van der Waals surface area contributed by atoms with Crippen molar-refractivity contribution in [3.8, 4) is 11.4 Å². The van der Waals surface area contributed by atoms with Gasteiger partial charge < -0.3 is 10.1 Å². The van der Waals surface area contributed by atoms with Gasteiger partial charge in [-0.2, -0.15) is 0 Å². The van der Waals surface area contributed by atoms with Crippen LogP contribution in [0.1, 0.15) is 22.6 Å². The molecule has 9 nitrogen and oxygen atoms in total. The fraction of sp³-hybridized carbons (Fsp3) is 0.259. The van der Waals surface area contributed by atoms with Crippen molar-refractivity contribution in [3.63, 3.8) is 0 Å². The number of carbonyl (C=O) groups is 1. The van der Waals surface area contributed by atoms with Crippen LogP contribution >= 0.6 is 23.4 Å². The number of aryl methyl sites for hydroxylation is 2. The number of nitrogens with one attached hydrogen (secondary N) is 1. The molecule has 2 aromatic heterocycles. The summed E-state index contributed by atoms with van der Waals surface area (Å²) in [6.07, 6.45) is 1.73. The summed E-state index contributed by atoms with van der Waals surface area (Å²) in [5, 5.41) is 12.5. The Morgan fingerprint density at radius 3 is 2.50 bits per heavy atom. The van der Waals surface area contributed by atoms with E-state index in [1.165, 1.54) is 16.4 Å². The van der Waals surface area contributed by atoms with Gasteiger partial charge in [-0.05, 0) is 56.2 Å². The summed E-state index contributed by atoms with van der Waals surface area (Å²) >= 11 is 7.48. The van der Waals surface area contributed by atoms with E-state index in [0.717, 1.165) is 11.1 Å². The monoisotopic (exact) mass is 552 g/mol. The first-order chi connectivity index (χ1) is 18.2. The predicted molar refractivity (Wildman–Crippen MR) is 151 cm³/mol. The molecule has 0 aliphatic carbocycles. The maximum absolute atomic E-state index is 13.1. The lowest BCUT2D eigenvalue weighted by Gasteiger charge is -2.11. The van der Waals surface area contributed by atoms with Gasteiger partial charge in [-0.3, -0.25) is 18.8 Å². The molecule has 11 heteroatoms. The Morgan fingerprint density at radius 2 is 1.84 bits per heavy atom. The van der Waals surface area contributed by atoms with Crippen LogP contribution in [0.4, 0.5) is 5.69 Å². The van der Waals surface area contributed by atoms with Gasteiger partial charge in [0.2, 0.25) is 5.91 Å². The van der Waals surface area contributed by atoms with Crippen molar-refractivity contribution in [2.24, 2.45) is 7.05 Å². The van der Waals surface area contributed by atoms with Gasteiger partial charge in [0.1, 0.15) is 18.0 Å². The molecular weight excluding hydrogens is 524 g/mol. The summed E-state index contributed by atoms with van der Waals surface area (Å²) in [4.78, 5) is 25.9. The summed E-state index contributed by atoms with van der Waals surface area (Å²) in [6.45, 7) is 10.1. The molecule has 0 saturated heterocycles. The molecule has 2 heterocycles. The number of halogens is 1. The van der Waals surface area contributed by atoms with Gasteiger partial charge in [0.25, 0.3) is 5.56 Å². The molecule has 0 fully saturated rings. The highest BCUT2D eigenvalue weighted by Crippen LogP contribution is 2.27. The lowest BCUT2D eigenvalue weighted by molar-refractivity contribution is -0.113. The number of allylic oxidation sites excluding steroid dienone is 1. The molecule has 0 aliphatic rings. The van der Waals surface area contributed by atoms with Crippen molar-refractivity contribution < 1.29 is 9.53 Å². The molecule has 2 aromatic carbocycles. The molecule has 0 aliphatic heterocycles. The third-order valence-corrected chi connectivity index (χ3v) is 7.60. The SMILES string of the molecule is C=CCn1c(COc2cc(C)c(Cl)c(C)c2)nnc1SCC(=O)Nc1c(C)n(C)n(-c2ccccc2)c1=O. The molecule has 0 atom stereocenters. The van der Waals surface area contributed by atoms with Crippen LogP contribution in [0.5, 0.6) is 5.75 Å². The van der Waals surface area contributed by atoms with E-state index < -0.39 is 0 Å². The van der Waals surface area contributed by atoms with Gasteiger partial charge in [0, 0.05) is 18.6 Å². The van der Waals surface area contributed by atoms with E-state index in [1.54, 1.807) is 24.7 Å². The number of carbonyl (C=O) groups excluding carboxylic acids is 1. The maximum atomic E-state index is 13.1. The fourth-order valence-electron chi connectivity index (χ4n) is 4.00. The highest BCUT2D eigenvalue weighted by Gasteiger charge is 2.19. The standard InChI is InChI=1S/C27H29ClN6O3S/c1-6-12-33-22(15-37-21-13-17(2)24(28)18(3)14-21)30-31-27(33)38-16-23(35)29-25-19(4)32(5)34(26(25)36)20-10-8-7-9-11-20/h6-11,13-14H,1,12,15-16H2,2-5H3,(H,29,35). The van der Waals surface area contributed by atoms with E-state index in [1.807, 2.05) is 60.9 Å². The first-order valence-corrected chi connectivity index (χ1v) is 13.3. The second kappa shape index (κ2) is 11.7. The normalized spacial score (nSPS) is 11.0. The molecule has 1 N–H and O–H groups in total. The third kappa shape index (κ3) is 5.71. The number of hydrogen-bond donors (Lipinski definition) is 1. The first kappa shape index (κ1) is 27.3. The van der Waals surface area contributed by atoms with Crippen LogP contribution in [0, 0.1) is 20.8 Å². The summed E-state index contributed by atoms with van der Waals surface area (Å²) in [6, 6.07) is 13.0. The van der Waals surface area contributed by atoms with E-state index in [0.29, 0.717) is 39.7 Å². The van der Waals surface area contributed by atoms with Crippen LogP contribution in [0.3, 0.4) is 0 Å². The Labute approximate surface area is 230 Å². The number of rotatable bonds is 10. The Kier molecular flexibility index (Phi) is 8.43. The maximum Gasteiger partial charge on any atom is 0.295 e. The Morgan fingerprint density at radius 1 is 1.16 bits per heavy atom. The van der Waals surface area contributed by atoms with Crippen molar-refractivity contribution in [3.05, 3.63) is 93.1 Å². The second-order valence-electron chi connectivity index (χ2n) is 8.73. The summed E-state index contributed by atoms with van der Waals surface area (Å²) in [7, 11) is 1.78. The Hall–Kier alpha value is -3.76. The van der Waals surface area contributed by atoms with Crippen LogP contribution in [-0.4, -0.2) is 35.8 Å². The quantitative estimate of drug-likeness (QED) is 0.223. The number of thioether (sulfide) groups is 1. The minimum atomic E-state index is -0.320. The molecule has 4 rings (SSSR count). The lowest BCUT2D eigenvalue weighted by atomic mass is 10.1. The number of benzene rings is 2. The molecular formula is C27H29ClN6O3S. The molecule has 0 unspecified atom stereocenters. The second-order valence-corrected chi connectivity index (χ2v) is 10.1. The number of para-hydroxylation sites is 1. The van der Waals surface area contributed by atoms with Crippen LogP contribution in [0.15, 0.2) is 65.1 Å². The van der Waals surface area contributed by atoms with Crippen LogP contribution in [-0.2, 0) is 25.0 Å². The summed E-state index contributed by atoms with van der Waals surface area (Å²) in [5.74, 6) is 1.01. The van der Waals surface area contributed by atoms with Crippen molar-refractivity contribution in [1.29, 1.82) is 0 Å². The smallest absolute Gasteiger partial charge is 0.295 e. The molecule has 0 spiro atoms. The Balaban J connectivity index is 1.45. The Bertz CT molecular complexity index is 1520. The van der Waals surface area contributed by atoms with E-state index in [4.69, 9.17) is 16.3 Å². The number of ether oxygens (including phenoxy) is 1. The average Bonchev–Trinajstić information content (AvgIpc) is 3.38. The number of hydrogen-bond acceptors (Lipinski definition) is 6. The number of nitrogens with zero attached hydrogens (tertiary/aromatic N) is 5. The highest BCUT2D eigenvalue weighted by molar-refractivity contribution is 7.99. The van der Waals surface area contributed by atoms with Crippen molar-refractivity contribution in [2.75, 3.05) is 11.1 Å². The van der Waals surface area contributed by atoms with E-state index in [9.17, 15) is 9.59 Å². The highest BCUT2D eigenvalue weighted by atomic mass is 35.5. The average molecular weight is 553 g/mol. The van der Waals surface area contributed by atoms with Crippen molar-refractivity contribution in [1.82, 2.24) is 24.1 Å². The third-order valence-electron chi connectivity index (χ3n) is 6.03. The van der Waals surface area contributed by atoms with Crippen LogP contribution in [0.25, 0.3) is 5.69 Å². The molecule has 38 heavy (non-hydrogen) atoms. The number of aromatic nitrogens is 5. The first-order valence-electron chi connectivity index (χ1n) is 11.9. The van der Waals surface area contributed by atoms with Crippen molar-refractivity contribution >= 4 is 35.0 Å². The number of amides is 1. The van der Waals surface area contributed by atoms with Crippen LogP contribution < -0.4 is 15.6 Å². The zero-order chi connectivity index (χ0) is 27.4. The van der Waals surface area contributed by atoms with Gasteiger partial charge in [-0.1, -0.05) is 47.6 Å². The molecule has 0 radical (unpaired) electrons. The largest absolute Gasteiger partial charge is 0.486 e. The van der Waals surface area contributed by atoms with E-state index in [2.05, 4.69) is 22.1 Å². The van der Waals surface area contributed by atoms with Gasteiger partial charge >= 0.3 is 0 Å². The molecule has 0 bridgehead atoms. The van der Waals surface area contributed by atoms with Gasteiger partial charge in [-0.15, -0.1) is 16.8 Å². The fourth-order valence-corrected chi connectivity index (χ4v) is 4.88. The van der Waals surface area contributed by atoms with Crippen molar-refractivity contribution in [2.45, 2.75) is 39.1 Å². The van der Waals surface area contributed by atoms with Gasteiger partial charge in [-0.25, -0.2) is 4.68 Å².